The van der Waals surface area contributed by atoms with Crippen LogP contribution >= 0.6 is 0 Å². The van der Waals surface area contributed by atoms with Crippen molar-refractivity contribution in [2.75, 3.05) is 7.11 Å². The van der Waals surface area contributed by atoms with Crippen LogP contribution in [0.2, 0.25) is 0 Å². The fourth-order valence-corrected chi connectivity index (χ4v) is 2.36. The third kappa shape index (κ3) is 0.881. The van der Waals surface area contributed by atoms with E-state index in [1.807, 2.05) is 0 Å². The van der Waals surface area contributed by atoms with Crippen molar-refractivity contribution in [3.05, 3.63) is 0 Å². The molecule has 68 valence electrons. The van der Waals surface area contributed by atoms with Crippen LogP contribution in [0.1, 0.15) is 6.42 Å². The molecule has 2 rings (SSSR count). The Morgan fingerprint density at radius 3 is 2.25 bits per heavy atom. The second-order valence-electron chi connectivity index (χ2n) is 3.57. The number of aliphatic hydroxyl groups is 2. The topological polar surface area (TPSA) is 66.8 Å². The van der Waals surface area contributed by atoms with Crippen LogP contribution in [0.15, 0.2) is 0 Å². The van der Waals surface area contributed by atoms with Crippen molar-refractivity contribution in [2.24, 2.45) is 17.8 Å². The SMILES string of the molecule is COC(=O)C1C2C(O)CC(O)C12. The molecule has 2 fully saturated rings. The van der Waals surface area contributed by atoms with Crippen LogP contribution in [0.4, 0.5) is 0 Å². The third-order valence-corrected chi connectivity index (χ3v) is 2.98. The van der Waals surface area contributed by atoms with Crippen LogP contribution in [-0.2, 0) is 9.53 Å². The van der Waals surface area contributed by atoms with E-state index < -0.39 is 12.2 Å². The molecule has 0 saturated heterocycles. The highest BCUT2D eigenvalue weighted by atomic mass is 16.5. The quantitative estimate of drug-likeness (QED) is 0.505. The highest BCUT2D eigenvalue weighted by Gasteiger charge is 2.66. The van der Waals surface area contributed by atoms with Gasteiger partial charge in [-0.2, -0.15) is 0 Å². The molecule has 0 aromatic heterocycles. The van der Waals surface area contributed by atoms with Crippen LogP contribution in [0.3, 0.4) is 0 Å². The zero-order valence-corrected chi connectivity index (χ0v) is 6.80. The Labute approximate surface area is 70.1 Å². The monoisotopic (exact) mass is 172 g/mol. The Hall–Kier alpha value is -0.610. The van der Waals surface area contributed by atoms with Gasteiger partial charge in [0.25, 0.3) is 0 Å². The van der Waals surface area contributed by atoms with E-state index in [-0.39, 0.29) is 23.7 Å². The maximum atomic E-state index is 11.0. The van der Waals surface area contributed by atoms with Gasteiger partial charge in [-0.1, -0.05) is 0 Å². The second-order valence-corrected chi connectivity index (χ2v) is 3.57. The van der Waals surface area contributed by atoms with Crippen LogP contribution < -0.4 is 0 Å². The van der Waals surface area contributed by atoms with Gasteiger partial charge in [0.2, 0.25) is 0 Å². The molecule has 2 aliphatic rings. The molecule has 0 bridgehead atoms. The van der Waals surface area contributed by atoms with Crippen LogP contribution in [0.5, 0.6) is 0 Å². The van der Waals surface area contributed by atoms with Crippen LogP contribution in [0.25, 0.3) is 0 Å². The van der Waals surface area contributed by atoms with E-state index in [9.17, 15) is 15.0 Å². The zero-order valence-electron chi connectivity index (χ0n) is 6.80. The summed E-state index contributed by atoms with van der Waals surface area (Å²) in [5.74, 6) is -0.656. The lowest BCUT2D eigenvalue weighted by Crippen LogP contribution is -2.20. The normalized spacial score (nSPS) is 50.1. The number of aliphatic hydroxyl groups excluding tert-OH is 2. The van der Waals surface area contributed by atoms with E-state index >= 15 is 0 Å². The van der Waals surface area contributed by atoms with E-state index in [0.29, 0.717) is 6.42 Å². The highest BCUT2D eigenvalue weighted by Crippen LogP contribution is 2.57. The number of carbonyl (C=O) groups is 1. The average Bonchev–Trinajstić information content (AvgIpc) is 2.70. The van der Waals surface area contributed by atoms with Crippen LogP contribution in [0, 0.1) is 17.8 Å². The lowest BCUT2D eigenvalue weighted by molar-refractivity contribution is -0.144. The van der Waals surface area contributed by atoms with Gasteiger partial charge in [0.05, 0.1) is 25.2 Å². The summed E-state index contributed by atoms with van der Waals surface area (Å²) in [4.78, 5) is 11.0. The van der Waals surface area contributed by atoms with Crippen molar-refractivity contribution in [1.29, 1.82) is 0 Å². The number of hydrogen-bond acceptors (Lipinski definition) is 4. The molecule has 0 amide bonds. The minimum atomic E-state index is -0.519. The van der Waals surface area contributed by atoms with Crippen molar-refractivity contribution in [1.82, 2.24) is 0 Å². The maximum absolute atomic E-state index is 11.0. The summed E-state index contributed by atoms with van der Waals surface area (Å²) in [6, 6.07) is 0. The predicted molar refractivity (Wildman–Crippen MR) is 39.1 cm³/mol. The van der Waals surface area contributed by atoms with Crippen molar-refractivity contribution < 1.29 is 19.7 Å². The minimum Gasteiger partial charge on any atom is -0.469 e. The molecule has 2 aliphatic carbocycles. The van der Waals surface area contributed by atoms with Gasteiger partial charge in [-0.05, 0) is 6.42 Å². The summed E-state index contributed by atoms with van der Waals surface area (Å²) in [6.45, 7) is 0. The van der Waals surface area contributed by atoms with Gasteiger partial charge in [0.15, 0.2) is 0 Å². The Morgan fingerprint density at radius 1 is 1.33 bits per heavy atom. The first-order chi connectivity index (χ1) is 5.66. The predicted octanol–water partition coefficient (Wildman–Crippen LogP) is -0.853. The standard InChI is InChI=1S/C8H12O4/c1-12-8(11)7-5-3(9)2-4(10)6(5)7/h3-7,9-10H,2H2,1H3. The lowest BCUT2D eigenvalue weighted by Gasteiger charge is -2.09. The summed E-state index contributed by atoms with van der Waals surface area (Å²) in [5, 5.41) is 18.7. The Bertz CT molecular complexity index is 201. The number of fused-ring (bicyclic) bond motifs is 1. The summed E-state index contributed by atoms with van der Waals surface area (Å²) in [6.07, 6.45) is -0.633. The molecule has 4 nitrogen and oxygen atoms in total. The minimum absolute atomic E-state index is 0.0487. The molecule has 4 heteroatoms. The summed E-state index contributed by atoms with van der Waals surface area (Å²) in [5.41, 5.74) is 0. The van der Waals surface area contributed by atoms with Crippen molar-refractivity contribution >= 4 is 5.97 Å². The van der Waals surface area contributed by atoms with E-state index in [1.54, 1.807) is 0 Å². The molecule has 0 aliphatic heterocycles. The molecule has 0 aromatic carbocycles. The van der Waals surface area contributed by atoms with E-state index in [1.165, 1.54) is 7.11 Å². The largest absolute Gasteiger partial charge is 0.469 e. The number of esters is 1. The Morgan fingerprint density at radius 2 is 1.83 bits per heavy atom. The van der Waals surface area contributed by atoms with Gasteiger partial charge >= 0.3 is 5.97 Å². The lowest BCUT2D eigenvalue weighted by atomic mass is 10.1. The first-order valence-corrected chi connectivity index (χ1v) is 4.10. The summed E-state index contributed by atoms with van der Waals surface area (Å²) < 4.78 is 4.55. The summed E-state index contributed by atoms with van der Waals surface area (Å²) >= 11 is 0. The van der Waals surface area contributed by atoms with Crippen molar-refractivity contribution in [3.8, 4) is 0 Å². The molecule has 0 spiro atoms. The van der Waals surface area contributed by atoms with Gasteiger partial charge in [-0.15, -0.1) is 0 Å². The zero-order chi connectivity index (χ0) is 8.88. The third-order valence-electron chi connectivity index (χ3n) is 2.98. The Kier molecular flexibility index (Phi) is 1.63. The first kappa shape index (κ1) is 8.01. The van der Waals surface area contributed by atoms with Gasteiger partial charge in [0, 0.05) is 11.8 Å². The molecule has 12 heavy (non-hydrogen) atoms. The molecule has 2 saturated carbocycles. The Balaban J connectivity index is 2.04. The van der Waals surface area contributed by atoms with E-state index in [4.69, 9.17) is 0 Å². The van der Waals surface area contributed by atoms with E-state index in [2.05, 4.69) is 4.74 Å². The number of ether oxygens (including phenoxy) is 1. The van der Waals surface area contributed by atoms with Gasteiger partial charge in [-0.25, -0.2) is 0 Å². The van der Waals surface area contributed by atoms with Gasteiger partial charge in [-0.3, -0.25) is 4.79 Å². The molecule has 4 unspecified atom stereocenters. The van der Waals surface area contributed by atoms with Gasteiger partial charge < -0.3 is 14.9 Å². The number of rotatable bonds is 1. The first-order valence-electron chi connectivity index (χ1n) is 4.10. The molecular formula is C8H12O4. The smallest absolute Gasteiger partial charge is 0.309 e. The average molecular weight is 172 g/mol. The van der Waals surface area contributed by atoms with E-state index in [0.717, 1.165) is 0 Å². The second kappa shape index (κ2) is 2.44. The molecular weight excluding hydrogens is 160 g/mol. The maximum Gasteiger partial charge on any atom is 0.309 e. The summed E-state index contributed by atoms with van der Waals surface area (Å²) in [7, 11) is 1.33. The highest BCUT2D eigenvalue weighted by molar-refractivity contribution is 5.77. The van der Waals surface area contributed by atoms with Crippen molar-refractivity contribution in [3.63, 3.8) is 0 Å². The molecule has 2 N–H and O–H groups in total. The van der Waals surface area contributed by atoms with Crippen LogP contribution in [-0.4, -0.2) is 35.5 Å². The fraction of sp³-hybridized carbons (Fsp3) is 0.875. The number of carbonyl (C=O) groups excluding carboxylic acids is 1. The molecule has 4 atom stereocenters. The molecule has 0 aromatic rings. The molecule has 0 heterocycles. The van der Waals surface area contributed by atoms with Crippen molar-refractivity contribution in [2.45, 2.75) is 18.6 Å². The fourth-order valence-electron chi connectivity index (χ4n) is 2.36. The number of methoxy groups -OCH3 is 1. The van der Waals surface area contributed by atoms with Gasteiger partial charge in [0.1, 0.15) is 0 Å². The number of hydrogen-bond donors (Lipinski definition) is 2. The molecule has 0 radical (unpaired) electrons.